The van der Waals surface area contributed by atoms with Gasteiger partial charge in [-0.3, -0.25) is 4.98 Å². The SMILES string of the molecule is C[Si](C)OC(CCC1C(O)COC1c1cccnc1)C(C)(C)C. The van der Waals surface area contributed by atoms with Crippen LogP contribution in [0.15, 0.2) is 24.5 Å². The van der Waals surface area contributed by atoms with Crippen LogP contribution in [0, 0.1) is 11.3 Å². The second-order valence-electron chi connectivity index (χ2n) is 7.73. The fraction of sp³-hybridized carbons (Fsp3) is 0.722. The molecule has 1 aliphatic rings. The molecule has 23 heavy (non-hydrogen) atoms. The van der Waals surface area contributed by atoms with E-state index >= 15 is 0 Å². The van der Waals surface area contributed by atoms with Crippen LogP contribution >= 0.6 is 0 Å². The Morgan fingerprint density at radius 2 is 2.17 bits per heavy atom. The van der Waals surface area contributed by atoms with Gasteiger partial charge in [-0.2, -0.15) is 0 Å². The Kier molecular flexibility index (Phi) is 6.37. The minimum absolute atomic E-state index is 0.0626. The smallest absolute Gasteiger partial charge is 0.205 e. The van der Waals surface area contributed by atoms with Crippen LogP contribution in [0.25, 0.3) is 0 Å². The average Bonchev–Trinajstić information content (AvgIpc) is 2.84. The monoisotopic (exact) mass is 336 g/mol. The van der Waals surface area contributed by atoms with E-state index in [1.54, 1.807) is 6.20 Å². The van der Waals surface area contributed by atoms with Crippen molar-refractivity contribution in [2.75, 3.05) is 6.61 Å². The van der Waals surface area contributed by atoms with Crippen LogP contribution in [0.3, 0.4) is 0 Å². The highest BCUT2D eigenvalue weighted by atomic mass is 28.3. The third-order valence-corrected chi connectivity index (χ3v) is 5.20. The number of hydrogen-bond acceptors (Lipinski definition) is 4. The molecule has 2 rings (SSSR count). The molecule has 1 radical (unpaired) electrons. The zero-order chi connectivity index (χ0) is 17.0. The Bertz CT molecular complexity index is 475. The minimum Gasteiger partial charge on any atom is -0.414 e. The summed E-state index contributed by atoms with van der Waals surface area (Å²) < 4.78 is 12.1. The number of pyridine rings is 1. The molecule has 1 fully saturated rings. The van der Waals surface area contributed by atoms with Gasteiger partial charge in [-0.1, -0.05) is 26.8 Å². The maximum Gasteiger partial charge on any atom is 0.205 e. The van der Waals surface area contributed by atoms with Gasteiger partial charge in [0.1, 0.15) is 0 Å². The third kappa shape index (κ3) is 5.11. The Labute approximate surface area is 142 Å². The van der Waals surface area contributed by atoms with E-state index in [9.17, 15) is 5.11 Å². The fourth-order valence-electron chi connectivity index (χ4n) is 3.18. The molecule has 4 nitrogen and oxygen atoms in total. The van der Waals surface area contributed by atoms with Gasteiger partial charge in [-0.15, -0.1) is 0 Å². The number of rotatable bonds is 6. The molecular weight excluding hydrogens is 306 g/mol. The zero-order valence-electron chi connectivity index (χ0n) is 15.0. The van der Waals surface area contributed by atoms with Crippen molar-refractivity contribution in [2.24, 2.45) is 11.3 Å². The van der Waals surface area contributed by atoms with Gasteiger partial charge >= 0.3 is 0 Å². The van der Waals surface area contributed by atoms with Crippen molar-refractivity contribution in [1.29, 1.82) is 0 Å². The van der Waals surface area contributed by atoms with Crippen LogP contribution in [0.4, 0.5) is 0 Å². The lowest BCUT2D eigenvalue weighted by atomic mass is 9.82. The first kappa shape index (κ1) is 18.6. The standard InChI is InChI=1S/C18H30NO3Si/c1-18(2,3)16(22-23(4)5)9-8-14-15(20)12-21-17(14)13-7-6-10-19-11-13/h6-7,10-11,14-17,20H,8-9,12H2,1-5H3. The van der Waals surface area contributed by atoms with Gasteiger partial charge in [-0.05, 0) is 43.0 Å². The van der Waals surface area contributed by atoms with E-state index in [0.29, 0.717) is 6.61 Å². The molecule has 1 aromatic heterocycles. The molecule has 4 atom stereocenters. The zero-order valence-corrected chi connectivity index (χ0v) is 16.0. The van der Waals surface area contributed by atoms with Crippen molar-refractivity contribution in [3.8, 4) is 0 Å². The second-order valence-corrected chi connectivity index (χ2v) is 9.78. The fourth-order valence-corrected chi connectivity index (χ4v) is 4.22. The summed E-state index contributed by atoms with van der Waals surface area (Å²) in [5.41, 5.74) is 1.16. The Morgan fingerprint density at radius 3 is 2.74 bits per heavy atom. The van der Waals surface area contributed by atoms with Gasteiger partial charge in [0.25, 0.3) is 0 Å². The van der Waals surface area contributed by atoms with Crippen LogP contribution in [0.2, 0.25) is 13.1 Å². The molecule has 0 aliphatic carbocycles. The predicted octanol–water partition coefficient (Wildman–Crippen LogP) is 3.59. The Balaban J connectivity index is 2.04. The highest BCUT2D eigenvalue weighted by Gasteiger charge is 2.38. The van der Waals surface area contributed by atoms with E-state index in [1.807, 2.05) is 18.3 Å². The second kappa shape index (κ2) is 7.88. The molecule has 0 bridgehead atoms. The van der Waals surface area contributed by atoms with Crippen LogP contribution in [-0.4, -0.2) is 37.9 Å². The summed E-state index contributed by atoms with van der Waals surface area (Å²) in [7, 11) is -0.743. The van der Waals surface area contributed by atoms with Crippen LogP contribution < -0.4 is 0 Å². The summed E-state index contributed by atoms with van der Waals surface area (Å²) in [5.74, 6) is 0.108. The molecule has 0 spiro atoms. The molecule has 129 valence electrons. The van der Waals surface area contributed by atoms with Crippen molar-refractivity contribution in [1.82, 2.24) is 4.98 Å². The first-order valence-corrected chi connectivity index (χ1v) is 10.9. The van der Waals surface area contributed by atoms with Crippen molar-refractivity contribution < 1.29 is 14.3 Å². The molecule has 1 aromatic rings. The summed E-state index contributed by atoms with van der Waals surface area (Å²) in [6.45, 7) is 11.4. The minimum atomic E-state index is -0.743. The van der Waals surface area contributed by atoms with Gasteiger partial charge in [-0.25, -0.2) is 0 Å². The molecule has 0 amide bonds. The molecule has 1 N–H and O–H groups in total. The largest absolute Gasteiger partial charge is 0.414 e. The number of aromatic nitrogens is 1. The summed E-state index contributed by atoms with van der Waals surface area (Å²) in [6.07, 6.45) is 5.19. The maximum absolute atomic E-state index is 10.3. The maximum atomic E-state index is 10.3. The summed E-state index contributed by atoms with van der Waals surface area (Å²) in [6, 6.07) is 3.95. The van der Waals surface area contributed by atoms with Crippen LogP contribution in [-0.2, 0) is 9.16 Å². The molecule has 2 heterocycles. The highest BCUT2D eigenvalue weighted by Crippen LogP contribution is 2.39. The van der Waals surface area contributed by atoms with Crippen molar-refractivity contribution in [2.45, 2.75) is 65.0 Å². The van der Waals surface area contributed by atoms with Crippen LogP contribution in [0.5, 0.6) is 0 Å². The van der Waals surface area contributed by atoms with Gasteiger partial charge < -0.3 is 14.3 Å². The lowest BCUT2D eigenvalue weighted by Crippen LogP contribution is -2.34. The van der Waals surface area contributed by atoms with Gasteiger partial charge in [0.2, 0.25) is 9.04 Å². The van der Waals surface area contributed by atoms with Crippen molar-refractivity contribution in [3.63, 3.8) is 0 Å². The lowest BCUT2D eigenvalue weighted by Gasteiger charge is -2.34. The average molecular weight is 337 g/mol. The molecule has 4 unspecified atom stereocenters. The van der Waals surface area contributed by atoms with E-state index in [0.717, 1.165) is 18.4 Å². The Morgan fingerprint density at radius 1 is 1.43 bits per heavy atom. The predicted molar refractivity (Wildman–Crippen MR) is 93.5 cm³/mol. The van der Waals surface area contributed by atoms with Gasteiger partial charge in [0.05, 0.1) is 18.8 Å². The van der Waals surface area contributed by atoms with E-state index in [-0.39, 0.29) is 23.5 Å². The number of ether oxygens (including phenoxy) is 1. The highest BCUT2D eigenvalue weighted by molar-refractivity contribution is 6.48. The Hall–Kier alpha value is -0.753. The summed E-state index contributed by atoms with van der Waals surface area (Å²) in [5, 5.41) is 10.3. The third-order valence-electron chi connectivity index (χ3n) is 4.45. The van der Waals surface area contributed by atoms with Crippen molar-refractivity contribution in [3.05, 3.63) is 30.1 Å². The first-order chi connectivity index (χ1) is 10.8. The summed E-state index contributed by atoms with van der Waals surface area (Å²) in [4.78, 5) is 4.18. The first-order valence-electron chi connectivity index (χ1n) is 8.45. The molecule has 0 saturated carbocycles. The van der Waals surface area contributed by atoms with E-state index in [2.05, 4.69) is 38.8 Å². The number of hydrogen-bond donors (Lipinski definition) is 1. The molecule has 1 aliphatic heterocycles. The molecule has 1 saturated heterocycles. The number of nitrogens with zero attached hydrogens (tertiary/aromatic N) is 1. The summed E-state index contributed by atoms with van der Waals surface area (Å²) >= 11 is 0. The van der Waals surface area contributed by atoms with Gasteiger partial charge in [0.15, 0.2) is 0 Å². The normalized spacial score (nSPS) is 26.7. The lowest BCUT2D eigenvalue weighted by molar-refractivity contribution is 0.0538. The van der Waals surface area contributed by atoms with Gasteiger partial charge in [0, 0.05) is 24.4 Å². The molecular formula is C18H30NO3Si. The molecule has 0 aromatic carbocycles. The topological polar surface area (TPSA) is 51.6 Å². The van der Waals surface area contributed by atoms with Crippen LogP contribution in [0.1, 0.15) is 45.3 Å². The number of aliphatic hydroxyl groups is 1. The van der Waals surface area contributed by atoms with E-state index < -0.39 is 15.1 Å². The molecule has 5 heteroatoms. The van der Waals surface area contributed by atoms with Crippen molar-refractivity contribution >= 4 is 9.04 Å². The quantitative estimate of drug-likeness (QED) is 0.807. The number of aliphatic hydroxyl groups excluding tert-OH is 1. The van der Waals surface area contributed by atoms with E-state index in [1.165, 1.54) is 0 Å². The van der Waals surface area contributed by atoms with E-state index in [4.69, 9.17) is 9.16 Å².